The zero-order valence-electron chi connectivity index (χ0n) is 12.3. The van der Waals surface area contributed by atoms with Gasteiger partial charge in [0.15, 0.2) is 0 Å². The molecule has 0 unspecified atom stereocenters. The first-order valence-electron chi connectivity index (χ1n) is 5.21. The van der Waals surface area contributed by atoms with Crippen LogP contribution in [0, 0.1) is 0 Å². The number of rotatable bonds is 8. The van der Waals surface area contributed by atoms with Crippen LogP contribution >= 0.6 is 0 Å². The van der Waals surface area contributed by atoms with Gasteiger partial charge in [0.05, 0.1) is 0 Å². The molecule has 0 atom stereocenters. The second kappa shape index (κ2) is 24.2. The van der Waals surface area contributed by atoms with Crippen molar-refractivity contribution in [1.29, 1.82) is 0 Å². The van der Waals surface area contributed by atoms with Crippen LogP contribution in [-0.2, 0) is 17.7 Å². The first-order valence-corrected chi connectivity index (χ1v) is 7.66. The molecule has 0 aliphatic carbocycles. The second-order valence-electron chi connectivity index (χ2n) is 2.23. The summed E-state index contributed by atoms with van der Waals surface area (Å²) in [6.07, 6.45) is 0. The van der Waals surface area contributed by atoms with Crippen LogP contribution in [-0.4, -0.2) is 45.5 Å². The average molecular weight is 314 g/mol. The Kier molecular flexibility index (Phi) is 38.2. The zero-order valence-corrected chi connectivity index (χ0v) is 18.3. The van der Waals surface area contributed by atoms with E-state index in [1.165, 1.54) is 0 Å². The molecule has 0 saturated heterocycles. The fourth-order valence-corrected chi connectivity index (χ4v) is 1.66. The van der Waals surface area contributed by atoms with E-state index in [2.05, 4.69) is 17.7 Å². The van der Waals surface area contributed by atoms with E-state index in [1.54, 1.807) is 27.7 Å². The Labute approximate surface area is 158 Å². The van der Waals surface area contributed by atoms with Gasteiger partial charge in [0.1, 0.15) is 0 Å². The Morgan fingerprint density at radius 2 is 0.778 bits per heavy atom. The van der Waals surface area contributed by atoms with Gasteiger partial charge < -0.3 is 27.3 Å². The van der Waals surface area contributed by atoms with E-state index in [0.717, 1.165) is 0 Å². The largest absolute Gasteiger partial charge is 1.00 e. The normalized spacial score (nSPS) is 9.33. The molecular weight excluding hydrogens is 294 g/mol. The fourth-order valence-electron chi connectivity index (χ4n) is 0.555. The Morgan fingerprint density at radius 1 is 0.611 bits per heavy atom. The third-order valence-electron chi connectivity index (χ3n) is 1.05. The molecule has 0 aliphatic heterocycles. The predicted molar refractivity (Wildman–Crippen MR) is 58.0 cm³/mol. The molecule has 0 aromatic heterocycles. The van der Waals surface area contributed by atoms with Crippen molar-refractivity contribution in [2.75, 3.05) is 26.4 Å². The summed E-state index contributed by atoms with van der Waals surface area (Å²) in [4.78, 5) is 20.8. The Balaban J connectivity index is -0.0000000980. The SMILES string of the molecule is CCO[Si]([O-])OCC.CCO[Si]([O-])OCC.[Na+].[Na+]. The van der Waals surface area contributed by atoms with Crippen LogP contribution in [0.1, 0.15) is 27.7 Å². The molecule has 2 radical (unpaired) electrons. The maximum absolute atomic E-state index is 10.4. The van der Waals surface area contributed by atoms with Crippen LogP contribution in [0.2, 0.25) is 0 Å². The zero-order chi connectivity index (χ0) is 12.8. The molecule has 18 heavy (non-hydrogen) atoms. The van der Waals surface area contributed by atoms with Gasteiger partial charge in [0.2, 0.25) is 0 Å². The molecule has 0 fully saturated rings. The second-order valence-corrected chi connectivity index (χ2v) is 4.39. The Hall–Kier alpha value is 2.19. The molecule has 0 bridgehead atoms. The summed E-state index contributed by atoms with van der Waals surface area (Å²) in [6, 6.07) is 0. The van der Waals surface area contributed by atoms with Gasteiger partial charge in [-0.05, 0) is 27.7 Å². The van der Waals surface area contributed by atoms with Crippen LogP contribution in [0.25, 0.3) is 0 Å². The summed E-state index contributed by atoms with van der Waals surface area (Å²) in [5, 5.41) is 0. The van der Waals surface area contributed by atoms with Crippen molar-refractivity contribution in [3.8, 4) is 0 Å². The minimum atomic E-state index is -2.14. The Bertz CT molecular complexity index is 112. The maximum Gasteiger partial charge on any atom is 1.00 e. The molecule has 6 nitrogen and oxygen atoms in total. The predicted octanol–water partition coefficient (Wildman–Crippen LogP) is -7.18. The van der Waals surface area contributed by atoms with Crippen molar-refractivity contribution in [1.82, 2.24) is 0 Å². The first-order chi connectivity index (χ1) is 7.62. The molecule has 0 aromatic carbocycles. The first kappa shape index (κ1) is 28.4. The van der Waals surface area contributed by atoms with Gasteiger partial charge in [-0.1, -0.05) is 0 Å². The van der Waals surface area contributed by atoms with E-state index in [-0.39, 0.29) is 59.1 Å². The minimum Gasteiger partial charge on any atom is -0.817 e. The summed E-state index contributed by atoms with van der Waals surface area (Å²) < 4.78 is 18.4. The van der Waals surface area contributed by atoms with Crippen molar-refractivity contribution in [2.24, 2.45) is 0 Å². The smallest absolute Gasteiger partial charge is 0.817 e. The van der Waals surface area contributed by atoms with Gasteiger partial charge in [-0.25, -0.2) is 0 Å². The van der Waals surface area contributed by atoms with E-state index in [1.807, 2.05) is 0 Å². The average Bonchev–Trinajstić information content (AvgIpc) is 2.20. The van der Waals surface area contributed by atoms with Crippen molar-refractivity contribution < 1.29 is 86.4 Å². The molecule has 0 saturated carbocycles. The number of hydrogen-bond donors (Lipinski definition) is 0. The van der Waals surface area contributed by atoms with Gasteiger partial charge in [0.25, 0.3) is 19.1 Å². The Morgan fingerprint density at radius 3 is 0.889 bits per heavy atom. The van der Waals surface area contributed by atoms with Crippen molar-refractivity contribution >= 4 is 19.1 Å². The van der Waals surface area contributed by atoms with Crippen LogP contribution in [0.4, 0.5) is 0 Å². The van der Waals surface area contributed by atoms with Gasteiger partial charge in [-0.15, -0.1) is 0 Å². The van der Waals surface area contributed by atoms with E-state index in [4.69, 9.17) is 0 Å². The quantitative estimate of drug-likeness (QED) is 0.414. The summed E-state index contributed by atoms with van der Waals surface area (Å²) in [5.74, 6) is 0. The van der Waals surface area contributed by atoms with Crippen molar-refractivity contribution in [3.05, 3.63) is 0 Å². The van der Waals surface area contributed by atoms with Crippen LogP contribution in [0.5, 0.6) is 0 Å². The van der Waals surface area contributed by atoms with Crippen molar-refractivity contribution in [3.63, 3.8) is 0 Å². The third kappa shape index (κ3) is 26.7. The standard InChI is InChI=1S/2C4H10O3Si.2Na/c2*1-3-6-8(5)7-4-2;;/h2*3-4H2,1-2H3;;/q2*-1;2*+1. The minimum absolute atomic E-state index is 0. The molecule has 0 heterocycles. The summed E-state index contributed by atoms with van der Waals surface area (Å²) in [6.45, 7) is 8.94. The van der Waals surface area contributed by atoms with Crippen LogP contribution in [0.3, 0.4) is 0 Å². The van der Waals surface area contributed by atoms with E-state index in [9.17, 15) is 9.59 Å². The summed E-state index contributed by atoms with van der Waals surface area (Å²) in [7, 11) is -4.28. The molecule has 10 heteroatoms. The molecule has 0 N–H and O–H groups in total. The molecule has 98 valence electrons. The van der Waals surface area contributed by atoms with E-state index in [0.29, 0.717) is 26.4 Å². The van der Waals surface area contributed by atoms with Crippen LogP contribution in [0.15, 0.2) is 0 Å². The molecule has 0 spiro atoms. The van der Waals surface area contributed by atoms with Crippen LogP contribution < -0.4 is 68.7 Å². The maximum atomic E-state index is 10.4. The molecular formula is C8H20Na2O6Si2. The molecule has 0 aromatic rings. The van der Waals surface area contributed by atoms with Crippen molar-refractivity contribution in [2.45, 2.75) is 27.7 Å². The van der Waals surface area contributed by atoms with E-state index < -0.39 is 19.1 Å². The molecule has 0 rings (SSSR count). The topological polar surface area (TPSA) is 83.0 Å². The van der Waals surface area contributed by atoms with Gasteiger partial charge in [-0.2, -0.15) is 0 Å². The summed E-state index contributed by atoms with van der Waals surface area (Å²) in [5.41, 5.74) is 0. The van der Waals surface area contributed by atoms with Gasteiger partial charge in [0, 0.05) is 26.4 Å². The third-order valence-corrected chi connectivity index (χ3v) is 3.15. The monoisotopic (exact) mass is 314 g/mol. The number of hydrogen-bond acceptors (Lipinski definition) is 6. The van der Waals surface area contributed by atoms with Gasteiger partial charge >= 0.3 is 59.1 Å². The van der Waals surface area contributed by atoms with E-state index >= 15 is 0 Å². The fraction of sp³-hybridized carbons (Fsp3) is 1.00. The molecule has 0 amide bonds. The summed E-state index contributed by atoms with van der Waals surface area (Å²) >= 11 is 0. The van der Waals surface area contributed by atoms with Gasteiger partial charge in [-0.3, -0.25) is 0 Å². The molecule has 0 aliphatic rings.